The summed E-state index contributed by atoms with van der Waals surface area (Å²) in [4.78, 5) is 23.1. The van der Waals surface area contributed by atoms with Gasteiger partial charge in [0, 0.05) is 11.6 Å². The van der Waals surface area contributed by atoms with Crippen molar-refractivity contribution >= 4 is 34.3 Å². The Morgan fingerprint density at radius 3 is 2.62 bits per heavy atom. The molecule has 1 saturated carbocycles. The SMILES string of the molecule is O=C(O)/C=C/C1CCC(Oc2nc3nc(-c4ccc(C5=CCOCC5)cc4)c(Cl)cc3[nH]2)CC1. The summed E-state index contributed by atoms with van der Waals surface area (Å²) in [5, 5.41) is 9.34. The van der Waals surface area contributed by atoms with Crippen LogP contribution in [0.4, 0.5) is 0 Å². The summed E-state index contributed by atoms with van der Waals surface area (Å²) in [6.07, 6.45) is 9.57. The predicted octanol–water partition coefficient (Wildman–Crippen LogP) is 5.66. The zero-order valence-corrected chi connectivity index (χ0v) is 19.4. The molecule has 0 radical (unpaired) electrons. The Labute approximate surface area is 202 Å². The summed E-state index contributed by atoms with van der Waals surface area (Å²) in [7, 11) is 0. The molecule has 1 aliphatic heterocycles. The number of rotatable bonds is 6. The van der Waals surface area contributed by atoms with Gasteiger partial charge in [-0.2, -0.15) is 4.98 Å². The van der Waals surface area contributed by atoms with Crippen LogP contribution in [-0.4, -0.2) is 45.3 Å². The van der Waals surface area contributed by atoms with Crippen molar-refractivity contribution in [2.45, 2.75) is 38.2 Å². The van der Waals surface area contributed by atoms with Gasteiger partial charge in [0.2, 0.25) is 0 Å². The van der Waals surface area contributed by atoms with Crippen LogP contribution >= 0.6 is 11.6 Å². The fourth-order valence-electron chi connectivity index (χ4n) is 4.56. The topological polar surface area (TPSA) is 97.3 Å². The molecule has 0 amide bonds. The minimum absolute atomic E-state index is 0.0389. The molecule has 8 heteroatoms. The molecule has 7 nitrogen and oxygen atoms in total. The lowest BCUT2D eigenvalue weighted by Crippen LogP contribution is -2.24. The molecule has 0 saturated heterocycles. The fourth-order valence-corrected chi connectivity index (χ4v) is 4.82. The molecule has 5 rings (SSSR count). The number of allylic oxidation sites excluding steroid dienone is 1. The van der Waals surface area contributed by atoms with E-state index in [1.54, 1.807) is 6.08 Å². The molecule has 1 aliphatic carbocycles. The van der Waals surface area contributed by atoms with Crippen LogP contribution in [0, 0.1) is 5.92 Å². The normalized spacial score (nSPS) is 21.0. The first-order valence-corrected chi connectivity index (χ1v) is 11.9. The van der Waals surface area contributed by atoms with Crippen molar-refractivity contribution in [2.75, 3.05) is 13.2 Å². The monoisotopic (exact) mass is 479 g/mol. The molecule has 0 bridgehead atoms. The summed E-state index contributed by atoms with van der Waals surface area (Å²) in [6, 6.07) is 10.5. The van der Waals surface area contributed by atoms with Crippen LogP contribution < -0.4 is 4.74 Å². The number of aromatic amines is 1. The molecule has 34 heavy (non-hydrogen) atoms. The number of carboxylic acid groups (broad SMARTS) is 1. The number of carbonyl (C=O) groups is 1. The van der Waals surface area contributed by atoms with Gasteiger partial charge in [-0.15, -0.1) is 0 Å². The van der Waals surface area contributed by atoms with Crippen molar-refractivity contribution in [3.63, 3.8) is 0 Å². The highest BCUT2D eigenvalue weighted by molar-refractivity contribution is 6.33. The van der Waals surface area contributed by atoms with Crippen LogP contribution in [0.5, 0.6) is 6.01 Å². The fraction of sp³-hybridized carbons (Fsp3) is 0.346. The Kier molecular flexibility index (Phi) is 6.65. The number of hydrogen-bond acceptors (Lipinski definition) is 5. The number of hydrogen-bond donors (Lipinski definition) is 2. The van der Waals surface area contributed by atoms with Crippen molar-refractivity contribution < 1.29 is 19.4 Å². The van der Waals surface area contributed by atoms with E-state index >= 15 is 0 Å². The van der Waals surface area contributed by atoms with E-state index in [9.17, 15) is 4.79 Å². The van der Waals surface area contributed by atoms with E-state index in [-0.39, 0.29) is 12.0 Å². The van der Waals surface area contributed by atoms with Gasteiger partial charge >= 0.3 is 5.97 Å². The van der Waals surface area contributed by atoms with Gasteiger partial charge in [-0.25, -0.2) is 9.78 Å². The van der Waals surface area contributed by atoms with Gasteiger partial charge in [0.05, 0.1) is 29.4 Å². The van der Waals surface area contributed by atoms with Crippen molar-refractivity contribution in [2.24, 2.45) is 5.92 Å². The van der Waals surface area contributed by atoms with Crippen LogP contribution in [0.3, 0.4) is 0 Å². The summed E-state index contributed by atoms with van der Waals surface area (Å²) in [6.45, 7) is 1.41. The van der Waals surface area contributed by atoms with Gasteiger partial charge in [-0.1, -0.05) is 48.0 Å². The maximum absolute atomic E-state index is 10.7. The molecular weight excluding hydrogens is 454 g/mol. The molecule has 3 aromatic rings. The molecule has 2 N–H and O–H groups in total. The number of ether oxygens (including phenoxy) is 2. The Balaban J connectivity index is 1.28. The molecule has 0 atom stereocenters. The number of benzene rings is 1. The van der Waals surface area contributed by atoms with Gasteiger partial charge in [0.25, 0.3) is 6.01 Å². The maximum atomic E-state index is 10.7. The zero-order valence-electron chi connectivity index (χ0n) is 18.7. The first kappa shape index (κ1) is 22.6. The Bertz CT molecular complexity index is 1240. The molecule has 1 aromatic carbocycles. The van der Waals surface area contributed by atoms with E-state index in [4.69, 9.17) is 31.2 Å². The second-order valence-corrected chi connectivity index (χ2v) is 9.12. The Morgan fingerprint density at radius 2 is 1.91 bits per heavy atom. The molecule has 2 aromatic heterocycles. The first-order chi connectivity index (χ1) is 16.5. The van der Waals surface area contributed by atoms with Gasteiger partial charge in [-0.05, 0) is 55.2 Å². The second-order valence-electron chi connectivity index (χ2n) is 8.72. The Morgan fingerprint density at radius 1 is 1.15 bits per heavy atom. The van der Waals surface area contributed by atoms with Crippen LogP contribution in [-0.2, 0) is 9.53 Å². The van der Waals surface area contributed by atoms with Gasteiger partial charge in [0.15, 0.2) is 5.65 Å². The van der Waals surface area contributed by atoms with Crippen LogP contribution in [0.2, 0.25) is 5.02 Å². The lowest BCUT2D eigenvalue weighted by Gasteiger charge is -2.26. The number of H-pyrrole nitrogens is 1. The van der Waals surface area contributed by atoms with Crippen LogP contribution in [0.15, 0.2) is 48.6 Å². The van der Waals surface area contributed by atoms with Gasteiger partial charge < -0.3 is 19.6 Å². The van der Waals surface area contributed by atoms with E-state index in [2.05, 4.69) is 28.2 Å². The van der Waals surface area contributed by atoms with E-state index in [1.807, 2.05) is 18.2 Å². The number of fused-ring (bicyclic) bond motifs is 1. The van der Waals surface area contributed by atoms with Crippen molar-refractivity contribution in [3.8, 4) is 17.3 Å². The number of halogens is 1. The number of carboxylic acids is 1. The molecule has 0 unspecified atom stereocenters. The third kappa shape index (κ3) is 5.16. The van der Waals surface area contributed by atoms with E-state index < -0.39 is 5.97 Å². The van der Waals surface area contributed by atoms with Crippen molar-refractivity contribution in [1.82, 2.24) is 15.0 Å². The highest BCUT2D eigenvalue weighted by atomic mass is 35.5. The van der Waals surface area contributed by atoms with Crippen LogP contribution in [0.25, 0.3) is 28.0 Å². The number of aliphatic carboxylic acids is 1. The third-order valence-corrected chi connectivity index (χ3v) is 6.69. The summed E-state index contributed by atoms with van der Waals surface area (Å²) < 4.78 is 11.5. The average molecular weight is 480 g/mol. The summed E-state index contributed by atoms with van der Waals surface area (Å²) >= 11 is 6.57. The predicted molar refractivity (Wildman–Crippen MR) is 131 cm³/mol. The van der Waals surface area contributed by atoms with E-state index in [0.717, 1.165) is 49.8 Å². The van der Waals surface area contributed by atoms with Crippen molar-refractivity contribution in [3.05, 3.63) is 59.1 Å². The summed E-state index contributed by atoms with van der Waals surface area (Å²) in [5.41, 5.74) is 5.39. The molecular formula is C26H26ClN3O4. The largest absolute Gasteiger partial charge is 0.478 e. The molecule has 0 spiro atoms. The molecule has 3 heterocycles. The number of nitrogens with one attached hydrogen (secondary N) is 1. The number of aromatic nitrogens is 3. The highest BCUT2D eigenvalue weighted by Gasteiger charge is 2.22. The maximum Gasteiger partial charge on any atom is 0.327 e. The molecule has 2 aliphatic rings. The van der Waals surface area contributed by atoms with E-state index in [0.29, 0.717) is 29.0 Å². The van der Waals surface area contributed by atoms with Crippen molar-refractivity contribution in [1.29, 1.82) is 0 Å². The van der Waals surface area contributed by atoms with E-state index in [1.165, 1.54) is 17.2 Å². The number of imidazole rings is 1. The first-order valence-electron chi connectivity index (χ1n) is 11.6. The quantitative estimate of drug-likeness (QED) is 0.443. The molecule has 1 fully saturated rings. The van der Waals surface area contributed by atoms with Crippen LogP contribution in [0.1, 0.15) is 37.7 Å². The van der Waals surface area contributed by atoms with Gasteiger partial charge in [-0.3, -0.25) is 0 Å². The molecule has 176 valence electrons. The highest BCUT2D eigenvalue weighted by Crippen LogP contribution is 2.32. The zero-order chi connectivity index (χ0) is 23.5. The Hall–Kier alpha value is -3.16. The lowest BCUT2D eigenvalue weighted by molar-refractivity contribution is -0.131. The average Bonchev–Trinajstić information content (AvgIpc) is 3.24. The van der Waals surface area contributed by atoms with Gasteiger partial charge in [0.1, 0.15) is 6.10 Å². The number of pyridine rings is 1. The minimum atomic E-state index is -0.904. The minimum Gasteiger partial charge on any atom is -0.478 e. The smallest absolute Gasteiger partial charge is 0.327 e. The standard InChI is InChI=1S/C26H26ClN3O4/c27-21-15-22-25(29-24(21)19-6-4-17(5-7-19)18-11-13-33-14-12-18)30-26(28-22)34-20-8-1-16(2-9-20)3-10-23(31)32/h3-7,10-11,15-16,20H,1-2,8-9,12-14H2,(H,31,32)(H,28,29,30)/b10-3+. The second kappa shape index (κ2) is 9.99. The third-order valence-electron chi connectivity index (χ3n) is 6.41. The summed E-state index contributed by atoms with van der Waals surface area (Å²) in [5.74, 6) is -0.623. The lowest BCUT2D eigenvalue weighted by atomic mass is 9.87. The number of nitrogens with zero attached hydrogens (tertiary/aromatic N) is 2.